The number of nitrogens with one attached hydrogen (secondary N) is 1. The number of hydrogen-bond acceptors (Lipinski definition) is 7. The van der Waals surface area contributed by atoms with Crippen LogP contribution in [0, 0.1) is 0 Å². The molecule has 1 aromatic carbocycles. The van der Waals surface area contributed by atoms with Crippen LogP contribution in [-0.2, 0) is 20.7 Å². The number of ether oxygens (including phenoxy) is 1. The van der Waals surface area contributed by atoms with Crippen molar-refractivity contribution in [1.29, 1.82) is 0 Å². The molecule has 9 heteroatoms. The predicted molar refractivity (Wildman–Crippen MR) is 130 cm³/mol. The van der Waals surface area contributed by atoms with Crippen molar-refractivity contribution in [2.24, 2.45) is 0 Å². The van der Waals surface area contributed by atoms with Gasteiger partial charge in [0.25, 0.3) is 0 Å². The smallest absolute Gasteiger partial charge is 0.313 e. The number of carbonyl (C=O) groups is 2. The second-order valence-corrected chi connectivity index (χ2v) is 9.39. The van der Waals surface area contributed by atoms with Crippen LogP contribution >= 0.6 is 11.3 Å². The highest BCUT2D eigenvalue weighted by molar-refractivity contribution is 7.16. The predicted octanol–water partition coefficient (Wildman–Crippen LogP) is 3.93. The van der Waals surface area contributed by atoms with Crippen LogP contribution in [-0.4, -0.2) is 45.4 Å². The van der Waals surface area contributed by atoms with Gasteiger partial charge in [-0.15, -0.1) is 11.3 Å². The molecule has 2 amide bonds. The number of aromatic nitrogens is 2. The molecule has 4 rings (SSSR count). The maximum Gasteiger partial charge on any atom is 0.313 e. The number of nitrogens with zero attached hydrogens (tertiary/aromatic N) is 3. The summed E-state index contributed by atoms with van der Waals surface area (Å²) in [7, 11) is 0. The number of piperidine rings is 1. The van der Waals surface area contributed by atoms with Crippen molar-refractivity contribution in [2.45, 2.75) is 58.3 Å². The first-order valence-corrected chi connectivity index (χ1v) is 12.1. The first kappa shape index (κ1) is 23.1. The third-order valence-corrected chi connectivity index (χ3v) is 6.66. The molecule has 0 radical (unpaired) electrons. The quantitative estimate of drug-likeness (QED) is 0.550. The van der Waals surface area contributed by atoms with E-state index in [2.05, 4.69) is 15.3 Å². The number of thiazole rings is 1. The standard InChI is InChI=1S/C24H29N5O3S/c1-4-15-9-17(12-26-22(15)25)28-23(30)24(31)29-8-7-18(32-14(2)3)11-20(29)16-5-6-21-19(10-16)27-13-33-21/h5-6,9-10,12-14,18,20H,4,7-8,11H2,1-3H3,(H2,25,26)(H,28,30)/t18?,20-/m0/s1. The Labute approximate surface area is 197 Å². The lowest BCUT2D eigenvalue weighted by Crippen LogP contribution is -2.47. The number of benzene rings is 1. The summed E-state index contributed by atoms with van der Waals surface area (Å²) in [5, 5.41) is 2.69. The van der Waals surface area contributed by atoms with Gasteiger partial charge < -0.3 is 20.7 Å². The molecule has 8 nitrogen and oxygen atoms in total. The van der Waals surface area contributed by atoms with E-state index in [1.54, 1.807) is 22.3 Å². The minimum atomic E-state index is -0.688. The molecule has 2 aromatic heterocycles. The van der Waals surface area contributed by atoms with Crippen LogP contribution in [0.2, 0.25) is 0 Å². The van der Waals surface area contributed by atoms with Crippen LogP contribution in [0.4, 0.5) is 11.5 Å². The van der Waals surface area contributed by atoms with Crippen LogP contribution < -0.4 is 11.1 Å². The van der Waals surface area contributed by atoms with Crippen molar-refractivity contribution in [2.75, 3.05) is 17.6 Å². The van der Waals surface area contributed by atoms with Gasteiger partial charge in [-0.3, -0.25) is 9.59 Å². The molecular weight excluding hydrogens is 438 g/mol. The van der Waals surface area contributed by atoms with E-state index < -0.39 is 11.8 Å². The van der Waals surface area contributed by atoms with E-state index in [1.807, 2.05) is 44.5 Å². The SMILES string of the molecule is CCc1cc(NC(=O)C(=O)N2CCC(OC(C)C)C[C@H]2c2ccc3scnc3c2)cnc1N. The monoisotopic (exact) mass is 467 g/mol. The number of likely N-dealkylation sites (tertiary alicyclic amines) is 1. The first-order valence-electron chi connectivity index (χ1n) is 11.2. The molecule has 3 aromatic rings. The topological polar surface area (TPSA) is 110 Å². The molecule has 174 valence electrons. The summed E-state index contributed by atoms with van der Waals surface area (Å²) < 4.78 is 7.15. The molecular formula is C24H29N5O3S. The van der Waals surface area contributed by atoms with Gasteiger partial charge in [-0.25, -0.2) is 9.97 Å². The van der Waals surface area contributed by atoms with Gasteiger partial charge in [0.15, 0.2) is 0 Å². The summed E-state index contributed by atoms with van der Waals surface area (Å²) in [5.41, 5.74) is 10.8. The number of anilines is 2. The number of nitrogens with two attached hydrogens (primary N) is 1. The number of aryl methyl sites for hydroxylation is 1. The van der Waals surface area contributed by atoms with Crippen LogP contribution in [0.15, 0.2) is 36.0 Å². The van der Waals surface area contributed by atoms with Crippen LogP contribution in [0.5, 0.6) is 0 Å². The van der Waals surface area contributed by atoms with Crippen molar-refractivity contribution in [1.82, 2.24) is 14.9 Å². The zero-order valence-corrected chi connectivity index (χ0v) is 19.9. The molecule has 0 saturated carbocycles. The fourth-order valence-corrected chi connectivity index (χ4v) is 4.93. The molecule has 33 heavy (non-hydrogen) atoms. The van der Waals surface area contributed by atoms with Crippen molar-refractivity contribution in [3.8, 4) is 0 Å². The highest BCUT2D eigenvalue weighted by Crippen LogP contribution is 2.35. The average molecular weight is 468 g/mol. The van der Waals surface area contributed by atoms with Crippen LogP contribution in [0.1, 0.15) is 50.8 Å². The minimum absolute atomic E-state index is 0.0154. The van der Waals surface area contributed by atoms with E-state index in [0.717, 1.165) is 21.3 Å². The number of fused-ring (bicyclic) bond motifs is 1. The normalized spacial score (nSPS) is 18.6. The Bertz CT molecular complexity index is 1160. The zero-order chi connectivity index (χ0) is 23.5. The summed E-state index contributed by atoms with van der Waals surface area (Å²) >= 11 is 1.57. The lowest BCUT2D eigenvalue weighted by atomic mass is 9.92. The van der Waals surface area contributed by atoms with Crippen LogP contribution in [0.25, 0.3) is 10.2 Å². The fraction of sp³-hybridized carbons (Fsp3) is 0.417. The van der Waals surface area contributed by atoms with Gasteiger partial charge in [0.05, 0.1) is 45.9 Å². The molecule has 0 spiro atoms. The molecule has 1 fully saturated rings. The Balaban J connectivity index is 1.57. The molecule has 1 unspecified atom stereocenters. The van der Waals surface area contributed by atoms with E-state index in [1.165, 1.54) is 6.20 Å². The Kier molecular flexibility index (Phi) is 6.90. The Morgan fingerprint density at radius 3 is 2.88 bits per heavy atom. The van der Waals surface area contributed by atoms with Gasteiger partial charge in [0, 0.05) is 6.54 Å². The zero-order valence-electron chi connectivity index (χ0n) is 19.1. The fourth-order valence-electron chi connectivity index (χ4n) is 4.27. The number of rotatable bonds is 5. The summed E-state index contributed by atoms with van der Waals surface area (Å²) in [6, 6.07) is 7.51. The summed E-state index contributed by atoms with van der Waals surface area (Å²) in [4.78, 5) is 36.3. The summed E-state index contributed by atoms with van der Waals surface area (Å²) in [5.74, 6) is -0.839. The second-order valence-electron chi connectivity index (χ2n) is 8.50. The number of nitrogen functional groups attached to an aromatic ring is 1. The van der Waals surface area contributed by atoms with E-state index in [-0.39, 0.29) is 18.2 Å². The Hall–Kier alpha value is -3.04. The number of hydrogen-bond donors (Lipinski definition) is 2. The highest BCUT2D eigenvalue weighted by atomic mass is 32.1. The van der Waals surface area contributed by atoms with Gasteiger partial charge in [-0.1, -0.05) is 13.0 Å². The number of pyridine rings is 1. The summed E-state index contributed by atoms with van der Waals surface area (Å²) in [6.07, 6.45) is 3.55. The maximum atomic E-state index is 13.3. The van der Waals surface area contributed by atoms with Gasteiger partial charge >= 0.3 is 11.8 Å². The van der Waals surface area contributed by atoms with Crippen molar-refractivity contribution >= 4 is 44.9 Å². The molecule has 1 aliphatic rings. The van der Waals surface area contributed by atoms with Gasteiger partial charge in [0.2, 0.25) is 0 Å². The van der Waals surface area contributed by atoms with E-state index >= 15 is 0 Å². The number of amides is 2. The Morgan fingerprint density at radius 2 is 2.12 bits per heavy atom. The van der Waals surface area contributed by atoms with Gasteiger partial charge in [-0.05, 0) is 62.4 Å². The van der Waals surface area contributed by atoms with Gasteiger partial charge in [0.1, 0.15) is 5.82 Å². The third kappa shape index (κ3) is 5.15. The molecule has 1 saturated heterocycles. The molecule has 3 heterocycles. The number of carbonyl (C=O) groups excluding carboxylic acids is 2. The molecule has 1 aliphatic heterocycles. The molecule has 3 N–H and O–H groups in total. The lowest BCUT2D eigenvalue weighted by molar-refractivity contribution is -0.148. The van der Waals surface area contributed by atoms with E-state index in [9.17, 15) is 9.59 Å². The largest absolute Gasteiger partial charge is 0.383 e. The van der Waals surface area contributed by atoms with Crippen molar-refractivity contribution in [3.63, 3.8) is 0 Å². The van der Waals surface area contributed by atoms with Crippen molar-refractivity contribution in [3.05, 3.63) is 47.1 Å². The first-order chi connectivity index (χ1) is 15.9. The van der Waals surface area contributed by atoms with Gasteiger partial charge in [-0.2, -0.15) is 0 Å². The molecule has 0 aliphatic carbocycles. The lowest BCUT2D eigenvalue weighted by Gasteiger charge is -2.39. The average Bonchev–Trinajstić information content (AvgIpc) is 3.27. The second kappa shape index (κ2) is 9.84. The third-order valence-electron chi connectivity index (χ3n) is 5.85. The van der Waals surface area contributed by atoms with E-state index in [4.69, 9.17) is 10.5 Å². The van der Waals surface area contributed by atoms with E-state index in [0.29, 0.717) is 37.3 Å². The van der Waals surface area contributed by atoms with Crippen molar-refractivity contribution < 1.29 is 14.3 Å². The van der Waals surface area contributed by atoms with Crippen LogP contribution in [0.3, 0.4) is 0 Å². The minimum Gasteiger partial charge on any atom is -0.383 e. The Morgan fingerprint density at radius 1 is 1.30 bits per heavy atom. The highest BCUT2D eigenvalue weighted by Gasteiger charge is 2.36. The molecule has 0 bridgehead atoms. The summed E-state index contributed by atoms with van der Waals surface area (Å²) in [6.45, 7) is 6.40. The maximum absolute atomic E-state index is 13.3. The molecule has 2 atom stereocenters.